The number of hydrogen-bond donors (Lipinski definition) is 0. The van der Waals surface area contributed by atoms with E-state index in [-0.39, 0.29) is 19.4 Å². The van der Waals surface area contributed by atoms with E-state index in [2.05, 4.69) is 0 Å². The topological polar surface area (TPSA) is 94.6 Å². The van der Waals surface area contributed by atoms with Crippen LogP contribution in [0, 0.1) is 0 Å². The van der Waals surface area contributed by atoms with Crippen LogP contribution in [0.5, 0.6) is 17.2 Å². The molecule has 212 valence electrons. The van der Waals surface area contributed by atoms with E-state index in [1.165, 1.54) is 16.8 Å². The van der Waals surface area contributed by atoms with Crippen LogP contribution in [-0.2, 0) is 31.9 Å². The molecule has 0 unspecified atom stereocenters. The van der Waals surface area contributed by atoms with Crippen LogP contribution in [0.15, 0.2) is 42.5 Å². The summed E-state index contributed by atoms with van der Waals surface area (Å²) in [7, 11) is 4.67. The maximum Gasteiger partial charge on any atom is 0.410 e. The minimum Gasteiger partial charge on any atom is -0.493 e. The first-order chi connectivity index (χ1) is 18.4. The first kappa shape index (κ1) is 29.8. The van der Waals surface area contributed by atoms with Gasteiger partial charge in [0.15, 0.2) is 11.5 Å². The van der Waals surface area contributed by atoms with E-state index in [4.69, 9.17) is 18.9 Å². The molecular weight excluding hydrogens is 500 g/mol. The van der Waals surface area contributed by atoms with Crippen molar-refractivity contribution in [1.82, 2.24) is 9.80 Å². The monoisotopic (exact) mass is 540 g/mol. The molecule has 0 saturated heterocycles. The van der Waals surface area contributed by atoms with Gasteiger partial charge < -0.3 is 23.8 Å². The number of esters is 1. The van der Waals surface area contributed by atoms with Crippen LogP contribution in [-0.4, -0.2) is 73.3 Å². The van der Waals surface area contributed by atoms with Gasteiger partial charge in [-0.15, -0.1) is 0 Å². The Kier molecular flexibility index (Phi) is 9.83. The van der Waals surface area contributed by atoms with Crippen LogP contribution in [0.2, 0.25) is 0 Å². The Balaban J connectivity index is 2.07. The van der Waals surface area contributed by atoms with Crippen molar-refractivity contribution in [2.24, 2.45) is 0 Å². The number of fused-ring (bicyclic) bond motifs is 7. The van der Waals surface area contributed by atoms with Crippen LogP contribution in [0.3, 0.4) is 0 Å². The van der Waals surface area contributed by atoms with Crippen LogP contribution < -0.4 is 9.47 Å². The number of unbranched alkanes of at least 4 members (excludes halogenated alkanes) is 1. The summed E-state index contributed by atoms with van der Waals surface area (Å²) in [6, 6.07) is 10.9. The average molecular weight is 541 g/mol. The zero-order valence-electron chi connectivity index (χ0n) is 24.0. The van der Waals surface area contributed by atoms with Gasteiger partial charge in [0, 0.05) is 26.9 Å². The molecule has 2 aromatic rings. The first-order valence-corrected chi connectivity index (χ1v) is 13.3. The number of rotatable bonds is 6. The van der Waals surface area contributed by atoms with Crippen LogP contribution in [0.25, 0.3) is 0 Å². The number of carbonyl (C=O) groups is 3. The SMILES string of the molecule is CCCCOC(=O)[C@@H]1Cc2ccc(OC)c(c2)Oc2ccc(cc2)C[C@H](N(C)C(=O)OC(C)(C)C)C(=O)N1C. The van der Waals surface area contributed by atoms with Crippen molar-refractivity contribution in [3.8, 4) is 17.2 Å². The molecular formula is C30H40N2O7. The van der Waals surface area contributed by atoms with Gasteiger partial charge in [-0.2, -0.15) is 0 Å². The summed E-state index contributed by atoms with van der Waals surface area (Å²) in [4.78, 5) is 43.0. The number of likely N-dealkylation sites (N-methyl/N-ethyl adjacent to an activating group) is 2. The van der Waals surface area contributed by atoms with E-state index in [0.717, 1.165) is 24.0 Å². The van der Waals surface area contributed by atoms with Gasteiger partial charge in [0.05, 0.1) is 13.7 Å². The molecule has 0 saturated carbocycles. The summed E-state index contributed by atoms with van der Waals surface area (Å²) in [5.41, 5.74) is 0.830. The fourth-order valence-electron chi connectivity index (χ4n) is 4.23. The molecule has 2 atom stereocenters. The standard InChI is InChI=1S/C30H40N2O7/c1-8-9-16-37-28(34)24-18-21-12-15-25(36-7)26(19-21)38-22-13-10-20(11-14-22)17-23(27(33)31(24)5)32(6)29(35)39-30(2,3)4/h10-15,19,23-24H,8-9,16-18H2,1-7H3/t23-,24-/m0/s1. The highest BCUT2D eigenvalue weighted by molar-refractivity contribution is 5.90. The van der Waals surface area contributed by atoms with E-state index < -0.39 is 35.7 Å². The minimum absolute atomic E-state index is 0.188. The molecule has 4 rings (SSSR count). The molecule has 9 heteroatoms. The summed E-state index contributed by atoms with van der Waals surface area (Å²) in [5.74, 6) is 0.718. The summed E-state index contributed by atoms with van der Waals surface area (Å²) in [6.07, 6.45) is 1.36. The van der Waals surface area contributed by atoms with Crippen molar-refractivity contribution in [3.05, 3.63) is 53.6 Å². The van der Waals surface area contributed by atoms with E-state index >= 15 is 0 Å². The predicted molar refractivity (Wildman–Crippen MR) is 147 cm³/mol. The molecule has 0 radical (unpaired) electrons. The number of nitrogens with zero attached hydrogens (tertiary/aromatic N) is 2. The predicted octanol–water partition coefficient (Wildman–Crippen LogP) is 4.99. The highest BCUT2D eigenvalue weighted by Gasteiger charge is 2.37. The van der Waals surface area contributed by atoms with Crippen molar-refractivity contribution in [3.63, 3.8) is 0 Å². The Morgan fingerprint density at radius 3 is 2.36 bits per heavy atom. The van der Waals surface area contributed by atoms with Gasteiger partial charge in [0.25, 0.3) is 0 Å². The third kappa shape index (κ3) is 7.88. The van der Waals surface area contributed by atoms with Gasteiger partial charge in [-0.25, -0.2) is 9.59 Å². The van der Waals surface area contributed by atoms with Gasteiger partial charge in [-0.1, -0.05) is 31.5 Å². The summed E-state index contributed by atoms with van der Waals surface area (Å²) in [6.45, 7) is 7.57. The Morgan fingerprint density at radius 1 is 1.08 bits per heavy atom. The minimum atomic E-state index is -0.922. The summed E-state index contributed by atoms with van der Waals surface area (Å²) >= 11 is 0. The molecule has 2 amide bonds. The zero-order valence-corrected chi connectivity index (χ0v) is 24.0. The van der Waals surface area contributed by atoms with Crippen molar-refractivity contribution in [2.45, 2.75) is 71.1 Å². The molecule has 9 nitrogen and oxygen atoms in total. The maximum absolute atomic E-state index is 14.0. The normalized spacial score (nSPS) is 17.6. The number of ether oxygens (including phenoxy) is 4. The average Bonchev–Trinajstić information content (AvgIpc) is 2.89. The smallest absolute Gasteiger partial charge is 0.410 e. The third-order valence-corrected chi connectivity index (χ3v) is 6.50. The van der Waals surface area contributed by atoms with Crippen molar-refractivity contribution in [2.75, 3.05) is 27.8 Å². The third-order valence-electron chi connectivity index (χ3n) is 6.50. The molecule has 0 aromatic heterocycles. The van der Waals surface area contributed by atoms with Gasteiger partial charge in [0.1, 0.15) is 23.4 Å². The molecule has 4 bridgehead atoms. The molecule has 0 aliphatic carbocycles. The molecule has 0 N–H and O–H groups in total. The highest BCUT2D eigenvalue weighted by Crippen LogP contribution is 2.34. The number of amides is 2. The molecule has 2 heterocycles. The van der Waals surface area contributed by atoms with Crippen LogP contribution >= 0.6 is 0 Å². The number of methoxy groups -OCH3 is 1. The van der Waals surface area contributed by atoms with Gasteiger partial charge >= 0.3 is 12.1 Å². The largest absolute Gasteiger partial charge is 0.493 e. The maximum atomic E-state index is 14.0. The lowest BCUT2D eigenvalue weighted by molar-refractivity contribution is -0.155. The molecule has 2 aromatic carbocycles. The lowest BCUT2D eigenvalue weighted by Gasteiger charge is -2.35. The fourth-order valence-corrected chi connectivity index (χ4v) is 4.23. The molecule has 2 aliphatic heterocycles. The number of benzene rings is 2. The van der Waals surface area contributed by atoms with E-state index in [9.17, 15) is 14.4 Å². The molecule has 0 fully saturated rings. The Labute approximate surface area is 231 Å². The van der Waals surface area contributed by atoms with Gasteiger partial charge in [0.2, 0.25) is 5.91 Å². The zero-order chi connectivity index (χ0) is 28.7. The Morgan fingerprint density at radius 2 is 1.74 bits per heavy atom. The van der Waals surface area contributed by atoms with Crippen molar-refractivity contribution in [1.29, 1.82) is 0 Å². The van der Waals surface area contributed by atoms with Crippen molar-refractivity contribution < 1.29 is 33.3 Å². The Bertz CT molecular complexity index is 1160. The van der Waals surface area contributed by atoms with E-state index in [1.807, 2.05) is 25.1 Å². The first-order valence-electron chi connectivity index (χ1n) is 13.3. The Hall–Kier alpha value is -3.75. The molecule has 39 heavy (non-hydrogen) atoms. The molecule has 0 spiro atoms. The quantitative estimate of drug-likeness (QED) is 0.376. The van der Waals surface area contributed by atoms with E-state index in [0.29, 0.717) is 17.2 Å². The summed E-state index contributed by atoms with van der Waals surface area (Å²) in [5, 5.41) is 0. The van der Waals surface area contributed by atoms with Gasteiger partial charge in [-0.3, -0.25) is 9.69 Å². The lowest BCUT2D eigenvalue weighted by Crippen LogP contribution is -2.55. The number of hydrogen-bond acceptors (Lipinski definition) is 7. The highest BCUT2D eigenvalue weighted by atomic mass is 16.6. The number of carbonyl (C=O) groups excluding carboxylic acids is 3. The van der Waals surface area contributed by atoms with E-state index in [1.54, 1.807) is 59.2 Å². The second-order valence-corrected chi connectivity index (χ2v) is 10.7. The molecule has 2 aliphatic rings. The van der Waals surface area contributed by atoms with Crippen LogP contribution in [0.1, 0.15) is 51.7 Å². The summed E-state index contributed by atoms with van der Waals surface area (Å²) < 4.78 is 22.7. The van der Waals surface area contributed by atoms with Crippen LogP contribution in [0.4, 0.5) is 4.79 Å². The van der Waals surface area contributed by atoms with Crippen molar-refractivity contribution >= 4 is 18.0 Å². The second-order valence-electron chi connectivity index (χ2n) is 10.7. The second kappa shape index (κ2) is 12.9. The fraction of sp³-hybridized carbons (Fsp3) is 0.500. The lowest BCUT2D eigenvalue weighted by atomic mass is 10.00. The van der Waals surface area contributed by atoms with Gasteiger partial charge in [-0.05, 0) is 62.6 Å².